The molecule has 11 heteroatoms. The van der Waals surface area contributed by atoms with Crippen LogP contribution in [0.3, 0.4) is 0 Å². The lowest BCUT2D eigenvalue weighted by molar-refractivity contribution is -0.301. The third-order valence-electron chi connectivity index (χ3n) is 3.76. The van der Waals surface area contributed by atoms with Crippen LogP contribution in [-0.4, -0.2) is 54.7 Å². The van der Waals surface area contributed by atoms with E-state index in [-0.39, 0.29) is 0 Å². The number of ether oxygens (including phenoxy) is 2. The molecular weight excluding hydrogens is 394 g/mol. The van der Waals surface area contributed by atoms with Gasteiger partial charge in [0.25, 0.3) is 5.91 Å². The Bertz CT molecular complexity index is 963. The molecule has 0 spiro atoms. The molecule has 1 fully saturated rings. The Labute approximate surface area is 161 Å². The van der Waals surface area contributed by atoms with Gasteiger partial charge in [0.05, 0.1) is 22.1 Å². The van der Waals surface area contributed by atoms with E-state index in [4.69, 9.17) is 4.74 Å². The van der Waals surface area contributed by atoms with Crippen LogP contribution in [-0.2, 0) is 38.5 Å². The lowest BCUT2D eigenvalue weighted by Crippen LogP contribution is -2.63. The van der Waals surface area contributed by atoms with Crippen LogP contribution in [0.1, 0.15) is 27.7 Å². The number of sulfone groups is 1. The predicted octanol–water partition coefficient (Wildman–Crippen LogP) is -1.07. The standard InChI is InChI=1S/C17H19NO9S/c1-8-11(7-26-9(2)19)13(16(22)23)18-14(21)10(15(18)28(8,24)25)6-12(20)27-17(3,4)5/h6,15H,1,7H2,2-5H3,(H,22,23)/p-1/b10-6-/t15-/m1/s1. The molecule has 2 aliphatic rings. The molecule has 152 valence electrons. The van der Waals surface area contributed by atoms with Crippen LogP contribution in [0.5, 0.6) is 0 Å². The van der Waals surface area contributed by atoms with Crippen molar-refractivity contribution >= 4 is 33.7 Å². The second-order valence-corrected chi connectivity index (χ2v) is 9.05. The highest BCUT2D eigenvalue weighted by Gasteiger charge is 2.57. The first-order chi connectivity index (χ1) is 12.7. The molecule has 0 aromatic carbocycles. The predicted molar refractivity (Wildman–Crippen MR) is 91.3 cm³/mol. The number of nitrogens with zero attached hydrogens (tertiary/aromatic N) is 1. The SMILES string of the molecule is C=C1C(COC(C)=O)=C(C(=O)[O-])N2C(=O)/C(=C/C(=O)OC(C)(C)C)[C@H]2S1(=O)=O. The Morgan fingerprint density at radius 2 is 1.86 bits per heavy atom. The number of hydrogen-bond acceptors (Lipinski definition) is 9. The van der Waals surface area contributed by atoms with E-state index in [2.05, 4.69) is 11.3 Å². The number of fused-ring (bicyclic) bond motifs is 1. The Balaban J connectivity index is 2.54. The monoisotopic (exact) mass is 412 g/mol. The van der Waals surface area contributed by atoms with E-state index in [9.17, 15) is 32.7 Å². The van der Waals surface area contributed by atoms with E-state index in [0.717, 1.165) is 6.92 Å². The fourth-order valence-electron chi connectivity index (χ4n) is 2.67. The minimum absolute atomic E-state index is 0.458. The lowest BCUT2D eigenvalue weighted by Gasteiger charge is -2.47. The summed E-state index contributed by atoms with van der Waals surface area (Å²) in [6.45, 7) is 8.42. The maximum atomic E-state index is 12.7. The number of hydrogen-bond donors (Lipinski definition) is 0. The number of aliphatic carboxylic acids is 1. The second-order valence-electron chi connectivity index (χ2n) is 7.02. The summed E-state index contributed by atoms with van der Waals surface area (Å²) in [6.07, 6.45) is 0.712. The highest BCUT2D eigenvalue weighted by atomic mass is 32.2. The van der Waals surface area contributed by atoms with Gasteiger partial charge >= 0.3 is 11.9 Å². The molecule has 0 saturated carbocycles. The van der Waals surface area contributed by atoms with Crippen LogP contribution in [0.15, 0.2) is 34.4 Å². The van der Waals surface area contributed by atoms with Crippen LogP contribution in [0, 0.1) is 0 Å². The van der Waals surface area contributed by atoms with Gasteiger partial charge in [-0.15, -0.1) is 0 Å². The summed E-state index contributed by atoms with van der Waals surface area (Å²) in [6, 6.07) is 0. The quantitative estimate of drug-likeness (QED) is 0.320. The maximum Gasteiger partial charge on any atom is 0.331 e. The summed E-state index contributed by atoms with van der Waals surface area (Å²) >= 11 is 0. The smallest absolute Gasteiger partial charge is 0.331 e. The number of amides is 1. The van der Waals surface area contributed by atoms with Crippen molar-refractivity contribution < 1.29 is 42.2 Å². The molecular formula is C17H18NO9S-. The molecule has 2 aliphatic heterocycles. The van der Waals surface area contributed by atoms with Crippen molar-refractivity contribution in [2.24, 2.45) is 0 Å². The van der Waals surface area contributed by atoms with Gasteiger partial charge in [0.2, 0.25) is 9.84 Å². The summed E-state index contributed by atoms with van der Waals surface area (Å²) in [5, 5.41) is 9.81. The maximum absolute atomic E-state index is 12.7. The Hall–Kier alpha value is -2.95. The van der Waals surface area contributed by atoms with Crippen LogP contribution < -0.4 is 5.11 Å². The molecule has 0 unspecified atom stereocenters. The molecule has 10 nitrogen and oxygen atoms in total. The number of esters is 2. The van der Waals surface area contributed by atoms with Crippen molar-refractivity contribution in [3.05, 3.63) is 34.4 Å². The first-order valence-electron chi connectivity index (χ1n) is 7.97. The molecule has 0 aliphatic carbocycles. The first kappa shape index (κ1) is 21.4. The van der Waals surface area contributed by atoms with Crippen molar-refractivity contribution in [2.75, 3.05) is 6.61 Å². The fourth-order valence-corrected chi connectivity index (χ4v) is 4.42. The van der Waals surface area contributed by atoms with Crippen LogP contribution in [0.2, 0.25) is 0 Å². The van der Waals surface area contributed by atoms with E-state index in [1.807, 2.05) is 0 Å². The van der Waals surface area contributed by atoms with Crippen molar-refractivity contribution in [3.8, 4) is 0 Å². The average molecular weight is 412 g/mol. The third-order valence-corrected chi connectivity index (χ3v) is 5.75. The Morgan fingerprint density at radius 1 is 1.29 bits per heavy atom. The van der Waals surface area contributed by atoms with Gasteiger partial charge in [-0.25, -0.2) is 13.2 Å². The summed E-state index contributed by atoms with van der Waals surface area (Å²) in [5.74, 6) is -4.63. The van der Waals surface area contributed by atoms with E-state index in [1.165, 1.54) is 0 Å². The third kappa shape index (κ3) is 3.70. The number of rotatable bonds is 4. The van der Waals surface area contributed by atoms with Crippen LogP contribution in [0.25, 0.3) is 0 Å². The van der Waals surface area contributed by atoms with Crippen molar-refractivity contribution in [1.29, 1.82) is 0 Å². The summed E-state index contributed by atoms with van der Waals surface area (Å²) < 4.78 is 35.2. The lowest BCUT2D eigenvalue weighted by atomic mass is 10.0. The largest absolute Gasteiger partial charge is 0.543 e. The highest BCUT2D eigenvalue weighted by molar-refractivity contribution is 7.96. The van der Waals surface area contributed by atoms with E-state index >= 15 is 0 Å². The minimum atomic E-state index is -4.34. The van der Waals surface area contributed by atoms with Gasteiger partial charge in [-0.1, -0.05) is 6.58 Å². The van der Waals surface area contributed by atoms with Crippen molar-refractivity contribution in [3.63, 3.8) is 0 Å². The summed E-state index contributed by atoms with van der Waals surface area (Å²) in [7, 11) is -4.34. The molecule has 1 atom stereocenters. The van der Waals surface area contributed by atoms with Gasteiger partial charge in [-0.2, -0.15) is 0 Å². The molecule has 2 heterocycles. The normalized spacial score (nSPS) is 22.5. The number of carboxylic acids is 1. The van der Waals surface area contributed by atoms with Gasteiger partial charge in [0.15, 0.2) is 5.37 Å². The van der Waals surface area contributed by atoms with Crippen molar-refractivity contribution in [2.45, 2.75) is 38.7 Å². The first-order valence-corrected chi connectivity index (χ1v) is 9.52. The van der Waals surface area contributed by atoms with Gasteiger partial charge in [0, 0.05) is 18.6 Å². The zero-order chi connectivity index (χ0) is 21.6. The molecule has 28 heavy (non-hydrogen) atoms. The topological polar surface area (TPSA) is 147 Å². The van der Waals surface area contributed by atoms with Crippen LogP contribution >= 0.6 is 0 Å². The van der Waals surface area contributed by atoms with Crippen molar-refractivity contribution in [1.82, 2.24) is 4.90 Å². The Morgan fingerprint density at radius 3 is 2.32 bits per heavy atom. The number of carbonyl (C=O) groups excluding carboxylic acids is 4. The number of carbonyl (C=O) groups is 4. The van der Waals surface area contributed by atoms with Gasteiger partial charge in [-0.3, -0.25) is 14.5 Å². The van der Waals surface area contributed by atoms with Gasteiger partial charge in [0.1, 0.15) is 12.2 Å². The molecule has 0 N–H and O–H groups in total. The number of carboxylic acid groups (broad SMARTS) is 1. The van der Waals surface area contributed by atoms with Crippen LogP contribution in [0.4, 0.5) is 0 Å². The Kier molecular flexibility index (Phi) is 5.26. The molecule has 1 saturated heterocycles. The molecule has 0 bridgehead atoms. The molecule has 0 aromatic heterocycles. The zero-order valence-electron chi connectivity index (χ0n) is 15.6. The highest BCUT2D eigenvalue weighted by Crippen LogP contribution is 2.44. The molecule has 0 radical (unpaired) electrons. The van der Waals surface area contributed by atoms with E-state index < -0.39 is 73.0 Å². The summed E-state index contributed by atoms with van der Waals surface area (Å²) in [4.78, 5) is 46.8. The molecule has 0 aromatic rings. The van der Waals surface area contributed by atoms with Gasteiger partial charge in [-0.05, 0) is 20.8 Å². The van der Waals surface area contributed by atoms with E-state index in [1.54, 1.807) is 20.8 Å². The zero-order valence-corrected chi connectivity index (χ0v) is 16.4. The molecule has 2 rings (SSSR count). The van der Waals surface area contributed by atoms with E-state index in [0.29, 0.717) is 11.0 Å². The number of β-lactam (4-membered cyclic amide) rings is 1. The minimum Gasteiger partial charge on any atom is -0.543 e. The summed E-state index contributed by atoms with van der Waals surface area (Å²) in [5.41, 5.74) is -2.60. The molecule has 1 amide bonds. The van der Waals surface area contributed by atoms with Gasteiger partial charge < -0.3 is 19.4 Å². The average Bonchev–Trinajstić information content (AvgIpc) is 2.51. The second kappa shape index (κ2) is 6.89. The fraction of sp³-hybridized carbons (Fsp3) is 0.412.